The van der Waals surface area contributed by atoms with Crippen LogP contribution >= 0.6 is 34.8 Å². The first-order valence-electron chi connectivity index (χ1n) is 3.77. The van der Waals surface area contributed by atoms with Crippen molar-refractivity contribution in [1.29, 1.82) is 0 Å². The van der Waals surface area contributed by atoms with Gasteiger partial charge in [-0.25, -0.2) is 0 Å². The van der Waals surface area contributed by atoms with Gasteiger partial charge >= 0.3 is 0 Å². The lowest BCUT2D eigenvalue weighted by molar-refractivity contribution is 0.415. The Kier molecular flexibility index (Phi) is 4.41. The van der Waals surface area contributed by atoms with Crippen molar-refractivity contribution in [3.63, 3.8) is 0 Å². The molecule has 1 rings (SSSR count). The maximum absolute atomic E-state index is 5.93. The fourth-order valence-corrected chi connectivity index (χ4v) is 1.42. The Morgan fingerprint density at radius 2 is 2.00 bits per heavy atom. The molecule has 0 amide bonds. The summed E-state index contributed by atoms with van der Waals surface area (Å²) in [5, 5.41) is 0.986. The molecule has 1 aromatic carbocycles. The molecule has 0 fully saturated rings. The minimum Gasteiger partial charge on any atom is -0.495 e. The highest BCUT2D eigenvalue weighted by Gasteiger charge is 2.05. The van der Waals surface area contributed by atoms with E-state index in [-0.39, 0.29) is 5.88 Å². The summed E-state index contributed by atoms with van der Waals surface area (Å²) in [4.78, 5) is 0. The molecule has 1 aromatic rings. The number of methoxy groups -OCH3 is 1. The summed E-state index contributed by atoms with van der Waals surface area (Å²) in [6.45, 7) is 0. The zero-order valence-electron chi connectivity index (χ0n) is 7.40. The van der Waals surface area contributed by atoms with Gasteiger partial charge in [0.05, 0.1) is 23.0 Å². The highest BCUT2D eigenvalue weighted by molar-refractivity contribution is 6.35. The standard InChI is InChI=1S/C10H7Cl3O/c1-14-10-6-8(12)7(3-2-4-11)5-9(10)13/h5-6H,4H2,1H3. The third-order valence-electron chi connectivity index (χ3n) is 1.53. The first-order chi connectivity index (χ1) is 6.69. The van der Waals surface area contributed by atoms with E-state index >= 15 is 0 Å². The Bertz CT molecular complexity index is 390. The molecule has 0 spiro atoms. The second-order valence-electron chi connectivity index (χ2n) is 2.40. The van der Waals surface area contributed by atoms with Gasteiger partial charge in [0.2, 0.25) is 0 Å². The van der Waals surface area contributed by atoms with Gasteiger partial charge in [-0.15, -0.1) is 11.6 Å². The van der Waals surface area contributed by atoms with Gasteiger partial charge in [-0.3, -0.25) is 0 Å². The van der Waals surface area contributed by atoms with Gasteiger partial charge in [-0.2, -0.15) is 0 Å². The van der Waals surface area contributed by atoms with Crippen molar-refractivity contribution >= 4 is 34.8 Å². The molecular weight excluding hydrogens is 242 g/mol. The molecule has 0 heterocycles. The Morgan fingerprint density at radius 3 is 2.57 bits per heavy atom. The van der Waals surface area contributed by atoms with Crippen LogP contribution in [-0.2, 0) is 0 Å². The van der Waals surface area contributed by atoms with Crippen molar-refractivity contribution in [3.05, 3.63) is 27.7 Å². The lowest BCUT2D eigenvalue weighted by atomic mass is 10.2. The van der Waals surface area contributed by atoms with Crippen molar-refractivity contribution in [2.75, 3.05) is 13.0 Å². The summed E-state index contributed by atoms with van der Waals surface area (Å²) < 4.78 is 4.99. The highest BCUT2D eigenvalue weighted by Crippen LogP contribution is 2.30. The summed E-state index contributed by atoms with van der Waals surface area (Å²) in [5.41, 5.74) is 0.651. The number of rotatable bonds is 1. The van der Waals surface area contributed by atoms with E-state index in [0.717, 1.165) is 0 Å². The SMILES string of the molecule is COc1cc(Cl)c(C#CCCl)cc1Cl. The summed E-state index contributed by atoms with van der Waals surface area (Å²) in [7, 11) is 1.53. The van der Waals surface area contributed by atoms with E-state index in [1.165, 1.54) is 7.11 Å². The van der Waals surface area contributed by atoms with Crippen LogP contribution in [0.5, 0.6) is 5.75 Å². The smallest absolute Gasteiger partial charge is 0.139 e. The maximum Gasteiger partial charge on any atom is 0.139 e. The molecule has 0 aliphatic rings. The number of alkyl halides is 1. The van der Waals surface area contributed by atoms with Crippen LogP contribution in [-0.4, -0.2) is 13.0 Å². The number of hydrogen-bond donors (Lipinski definition) is 0. The number of halogens is 3. The molecule has 1 nitrogen and oxygen atoms in total. The van der Waals surface area contributed by atoms with Gasteiger partial charge in [0, 0.05) is 11.6 Å². The Hall–Kier alpha value is -0.550. The van der Waals surface area contributed by atoms with Crippen LogP contribution in [0.1, 0.15) is 5.56 Å². The van der Waals surface area contributed by atoms with Crippen molar-refractivity contribution in [1.82, 2.24) is 0 Å². The molecule has 0 radical (unpaired) electrons. The Morgan fingerprint density at radius 1 is 1.29 bits per heavy atom. The van der Waals surface area contributed by atoms with Crippen LogP contribution in [0.4, 0.5) is 0 Å². The molecule has 14 heavy (non-hydrogen) atoms. The largest absolute Gasteiger partial charge is 0.495 e. The summed E-state index contributed by atoms with van der Waals surface area (Å²) >= 11 is 17.3. The molecule has 0 bridgehead atoms. The van der Waals surface area contributed by atoms with Gasteiger partial charge < -0.3 is 4.74 Å². The fourth-order valence-electron chi connectivity index (χ4n) is 0.909. The van der Waals surface area contributed by atoms with Gasteiger partial charge in [0.15, 0.2) is 0 Å². The predicted molar refractivity (Wildman–Crippen MR) is 60.6 cm³/mol. The third-order valence-corrected chi connectivity index (χ3v) is 2.27. The van der Waals surface area contributed by atoms with Crippen molar-refractivity contribution in [3.8, 4) is 17.6 Å². The maximum atomic E-state index is 5.93. The van der Waals surface area contributed by atoms with Crippen LogP contribution in [0.15, 0.2) is 12.1 Å². The third kappa shape index (κ3) is 2.72. The molecule has 4 heteroatoms. The highest BCUT2D eigenvalue weighted by atomic mass is 35.5. The zero-order valence-corrected chi connectivity index (χ0v) is 9.67. The van der Waals surface area contributed by atoms with Gasteiger partial charge in [-0.1, -0.05) is 35.0 Å². The molecule has 0 saturated heterocycles. The minimum absolute atomic E-state index is 0.264. The average molecular weight is 250 g/mol. The second kappa shape index (κ2) is 5.36. The minimum atomic E-state index is 0.264. The lowest BCUT2D eigenvalue weighted by Crippen LogP contribution is -1.86. The molecule has 0 saturated carbocycles. The number of ether oxygens (including phenoxy) is 1. The van der Waals surface area contributed by atoms with Crippen molar-refractivity contribution < 1.29 is 4.74 Å². The second-order valence-corrected chi connectivity index (χ2v) is 3.48. The predicted octanol–water partition coefficient (Wildman–Crippen LogP) is 3.59. The summed E-state index contributed by atoms with van der Waals surface area (Å²) in [5.74, 6) is 6.30. The van der Waals surface area contributed by atoms with E-state index in [0.29, 0.717) is 21.4 Å². The van der Waals surface area contributed by atoms with Crippen molar-refractivity contribution in [2.45, 2.75) is 0 Å². The normalized spacial score (nSPS) is 9.14. The van der Waals surface area contributed by atoms with E-state index < -0.39 is 0 Å². The molecule has 74 valence electrons. The quantitative estimate of drug-likeness (QED) is 0.546. The Labute approximate surface area is 97.9 Å². The zero-order chi connectivity index (χ0) is 10.6. The van der Waals surface area contributed by atoms with Gasteiger partial charge in [0.1, 0.15) is 5.75 Å². The lowest BCUT2D eigenvalue weighted by Gasteiger charge is -2.04. The van der Waals surface area contributed by atoms with Crippen LogP contribution in [0, 0.1) is 11.8 Å². The summed E-state index contributed by atoms with van der Waals surface area (Å²) in [6, 6.07) is 3.28. The Balaban J connectivity index is 3.15. The van der Waals surface area contributed by atoms with Crippen molar-refractivity contribution in [2.24, 2.45) is 0 Å². The summed E-state index contributed by atoms with van der Waals surface area (Å²) in [6.07, 6.45) is 0. The first kappa shape index (κ1) is 11.5. The van der Waals surface area contributed by atoms with Gasteiger partial charge in [-0.05, 0) is 6.07 Å². The van der Waals surface area contributed by atoms with Crippen LogP contribution < -0.4 is 4.74 Å². The molecule has 0 aliphatic heterocycles. The van der Waals surface area contributed by atoms with E-state index in [1.807, 2.05) is 0 Å². The fraction of sp³-hybridized carbons (Fsp3) is 0.200. The van der Waals surface area contributed by atoms with E-state index in [2.05, 4.69) is 11.8 Å². The van der Waals surface area contributed by atoms with Gasteiger partial charge in [0.25, 0.3) is 0 Å². The van der Waals surface area contributed by atoms with Crippen LogP contribution in [0.25, 0.3) is 0 Å². The van der Waals surface area contributed by atoms with E-state index in [9.17, 15) is 0 Å². The molecule has 0 unspecified atom stereocenters. The number of benzene rings is 1. The molecule has 0 aliphatic carbocycles. The van der Waals surface area contributed by atoms with E-state index in [1.54, 1.807) is 12.1 Å². The topological polar surface area (TPSA) is 9.23 Å². The molecule has 0 aromatic heterocycles. The van der Waals surface area contributed by atoms with E-state index in [4.69, 9.17) is 39.5 Å². The average Bonchev–Trinajstić information content (AvgIpc) is 2.18. The molecular formula is C10H7Cl3O. The van der Waals surface area contributed by atoms with Crippen LogP contribution in [0.3, 0.4) is 0 Å². The molecule has 0 N–H and O–H groups in total. The number of hydrogen-bond acceptors (Lipinski definition) is 1. The monoisotopic (exact) mass is 248 g/mol. The molecule has 0 atom stereocenters. The van der Waals surface area contributed by atoms with Crippen LogP contribution in [0.2, 0.25) is 10.0 Å². The first-order valence-corrected chi connectivity index (χ1v) is 5.06.